The summed E-state index contributed by atoms with van der Waals surface area (Å²) in [5.41, 5.74) is 5.42. The summed E-state index contributed by atoms with van der Waals surface area (Å²) >= 11 is 0. The Kier molecular flexibility index (Phi) is 9.85. The molecule has 0 radical (unpaired) electrons. The highest BCUT2D eigenvalue weighted by atomic mass is 16.6. The Hall–Kier alpha value is -3.20. The number of benzene rings is 2. The van der Waals surface area contributed by atoms with Gasteiger partial charge in [-0.05, 0) is 131 Å². The maximum Gasteiger partial charge on any atom is 0.311 e. The van der Waals surface area contributed by atoms with Crippen LogP contribution in [-0.2, 0) is 33.3 Å². The van der Waals surface area contributed by atoms with Crippen LogP contribution in [0.3, 0.4) is 0 Å². The third-order valence-electron chi connectivity index (χ3n) is 16.2. The number of hydrogen-bond acceptors (Lipinski definition) is 8. The van der Waals surface area contributed by atoms with Crippen molar-refractivity contribution in [2.45, 2.75) is 157 Å². The first-order valence-electron chi connectivity index (χ1n) is 22.5. The predicted octanol–water partition coefficient (Wildman–Crippen LogP) is 7.98. The van der Waals surface area contributed by atoms with E-state index in [2.05, 4.69) is 41.1 Å². The quantitative estimate of drug-likeness (QED) is 0.0952. The third kappa shape index (κ3) is 6.18. The number of aliphatic hydroxyl groups excluding tert-OH is 1. The van der Waals surface area contributed by atoms with Gasteiger partial charge in [-0.2, -0.15) is 0 Å². The van der Waals surface area contributed by atoms with Gasteiger partial charge >= 0.3 is 11.9 Å². The average Bonchev–Trinajstić information content (AvgIpc) is 3.54. The van der Waals surface area contributed by atoms with Crippen LogP contribution < -0.4 is 14.2 Å². The highest BCUT2D eigenvalue weighted by Gasteiger charge is 2.64. The number of ether oxygens (including phenoxy) is 3. The number of fused-ring (bicyclic) bond motifs is 1. The topological polar surface area (TPSA) is 88.5 Å². The lowest BCUT2D eigenvalue weighted by atomic mass is 9.52. The molecule has 4 fully saturated rings. The summed E-state index contributed by atoms with van der Waals surface area (Å²) in [6.07, 6.45) is 23.3. The first-order valence-corrected chi connectivity index (χ1v) is 22.5. The molecular weight excluding hydrogens is 701 g/mol. The zero-order chi connectivity index (χ0) is 38.0. The lowest BCUT2D eigenvalue weighted by Gasteiger charge is -2.59. The molecule has 4 bridgehead atoms. The SMILES string of the molecule is CN1CC[C@]23c4c5ccc(OC(=O)CCCCCCCCC(=O)Oc6ccc7c(c6)[C@@]68CCCCC6C(C7)N(CC6CCC6)CC8)c4O[C@H]2[C@@H](O)C=CC3C1C5. The minimum absolute atomic E-state index is 0.125. The van der Waals surface area contributed by atoms with E-state index >= 15 is 0 Å². The number of hydrogen-bond donors (Lipinski definition) is 1. The van der Waals surface area contributed by atoms with Crippen molar-refractivity contribution in [1.82, 2.24) is 9.80 Å². The molecule has 3 aliphatic heterocycles. The molecule has 8 nitrogen and oxygen atoms in total. The van der Waals surface area contributed by atoms with Crippen LogP contribution in [0.2, 0.25) is 0 Å². The molecule has 1 N–H and O–H groups in total. The number of carbonyl (C=O) groups excluding carboxylic acids is 2. The monoisotopic (exact) mass is 762 g/mol. The number of piperidine rings is 2. The summed E-state index contributed by atoms with van der Waals surface area (Å²) < 4.78 is 18.5. The zero-order valence-corrected chi connectivity index (χ0v) is 33.5. The van der Waals surface area contributed by atoms with Gasteiger partial charge < -0.3 is 24.2 Å². The van der Waals surface area contributed by atoms with Crippen molar-refractivity contribution in [3.8, 4) is 17.2 Å². The molecule has 5 aliphatic carbocycles. The molecule has 300 valence electrons. The van der Waals surface area contributed by atoms with E-state index < -0.39 is 6.10 Å². The number of likely N-dealkylation sites (N-methyl/N-ethyl adjacent to an activating group) is 1. The molecule has 0 amide bonds. The van der Waals surface area contributed by atoms with Gasteiger partial charge in [-0.1, -0.05) is 69.2 Å². The number of nitrogens with zero attached hydrogens (tertiary/aromatic N) is 2. The molecule has 3 heterocycles. The molecular formula is C48H62N2O6. The number of likely N-dealkylation sites (tertiary alicyclic amines) is 2. The van der Waals surface area contributed by atoms with Gasteiger partial charge in [0.1, 0.15) is 18.0 Å². The molecule has 1 spiro atoms. The van der Waals surface area contributed by atoms with Crippen LogP contribution in [0.5, 0.6) is 17.2 Å². The Morgan fingerprint density at radius 1 is 0.821 bits per heavy atom. The molecule has 8 atom stereocenters. The van der Waals surface area contributed by atoms with Gasteiger partial charge in [-0.3, -0.25) is 14.5 Å². The van der Waals surface area contributed by atoms with Crippen LogP contribution in [0.4, 0.5) is 0 Å². The summed E-state index contributed by atoms with van der Waals surface area (Å²) in [6.45, 7) is 3.49. The van der Waals surface area contributed by atoms with Crippen molar-refractivity contribution in [3.05, 3.63) is 64.7 Å². The first kappa shape index (κ1) is 37.1. The van der Waals surface area contributed by atoms with Crippen molar-refractivity contribution in [2.24, 2.45) is 17.8 Å². The highest BCUT2D eigenvalue weighted by Crippen LogP contribution is 2.63. The third-order valence-corrected chi connectivity index (χ3v) is 16.2. The molecule has 8 aliphatic rings. The average molecular weight is 763 g/mol. The smallest absolute Gasteiger partial charge is 0.311 e. The molecule has 4 unspecified atom stereocenters. The molecule has 2 aromatic rings. The minimum Gasteiger partial charge on any atom is -0.482 e. The second-order valence-corrected chi connectivity index (χ2v) is 19.1. The highest BCUT2D eigenvalue weighted by molar-refractivity contribution is 5.75. The van der Waals surface area contributed by atoms with Crippen LogP contribution in [0, 0.1) is 17.8 Å². The Labute approximate surface area is 333 Å². The van der Waals surface area contributed by atoms with Gasteiger partial charge in [0, 0.05) is 53.8 Å². The zero-order valence-electron chi connectivity index (χ0n) is 33.5. The second-order valence-electron chi connectivity index (χ2n) is 19.1. The standard InChI is InChI=1S/C48H62N2O6/c1-49-25-24-48-36-19-20-40(51)46(48)56-45-41(21-17-33(44(45)48)28-38(36)49)55-43(53)15-7-5-3-2-4-6-14-42(52)54-34-18-16-32-27-39-35-13-8-9-22-47(35,37(32)29-34)23-26-50(39)30-31-11-10-12-31/h16-21,29,31,35-36,38-40,46,51H,2-15,22-28,30H2,1H3/t35?,36?,38?,39?,40-,46-,47+,48-/m0/s1. The van der Waals surface area contributed by atoms with E-state index in [0.717, 1.165) is 81.9 Å². The summed E-state index contributed by atoms with van der Waals surface area (Å²) in [7, 11) is 2.20. The van der Waals surface area contributed by atoms with E-state index in [0.29, 0.717) is 36.4 Å². The van der Waals surface area contributed by atoms with E-state index in [-0.39, 0.29) is 34.8 Å². The van der Waals surface area contributed by atoms with Crippen molar-refractivity contribution < 1.29 is 28.9 Å². The van der Waals surface area contributed by atoms with Crippen LogP contribution >= 0.6 is 0 Å². The first-order chi connectivity index (χ1) is 27.3. The minimum atomic E-state index is -0.672. The van der Waals surface area contributed by atoms with E-state index in [1.165, 1.54) is 86.7 Å². The molecule has 2 saturated carbocycles. The second kappa shape index (κ2) is 14.9. The van der Waals surface area contributed by atoms with E-state index in [4.69, 9.17) is 14.2 Å². The van der Waals surface area contributed by atoms with Crippen molar-refractivity contribution in [3.63, 3.8) is 0 Å². The van der Waals surface area contributed by atoms with Gasteiger partial charge in [-0.25, -0.2) is 0 Å². The molecule has 10 rings (SSSR count). The number of carbonyl (C=O) groups is 2. The van der Waals surface area contributed by atoms with E-state index in [1.807, 2.05) is 18.2 Å². The molecule has 0 aromatic heterocycles. The van der Waals surface area contributed by atoms with Crippen LogP contribution in [0.25, 0.3) is 0 Å². The summed E-state index contributed by atoms with van der Waals surface area (Å²) in [5.74, 6) is 3.48. The van der Waals surface area contributed by atoms with Gasteiger partial charge in [0.2, 0.25) is 0 Å². The van der Waals surface area contributed by atoms with Gasteiger partial charge in [0.25, 0.3) is 0 Å². The van der Waals surface area contributed by atoms with E-state index in [1.54, 1.807) is 0 Å². The van der Waals surface area contributed by atoms with Gasteiger partial charge in [-0.15, -0.1) is 0 Å². The Morgan fingerprint density at radius 2 is 1.59 bits per heavy atom. The Balaban J connectivity index is 0.668. The fraction of sp³-hybridized carbons (Fsp3) is 0.667. The summed E-state index contributed by atoms with van der Waals surface area (Å²) in [4.78, 5) is 31.3. The van der Waals surface area contributed by atoms with Crippen LogP contribution in [0.1, 0.15) is 131 Å². The lowest BCUT2D eigenvalue weighted by molar-refractivity contribution is -0.135. The van der Waals surface area contributed by atoms with Crippen molar-refractivity contribution in [2.75, 3.05) is 26.7 Å². The maximum absolute atomic E-state index is 13.0. The lowest BCUT2D eigenvalue weighted by Crippen LogP contribution is -2.64. The number of rotatable bonds is 13. The molecule has 2 saturated heterocycles. The number of esters is 2. The van der Waals surface area contributed by atoms with Crippen LogP contribution in [-0.4, -0.2) is 77.8 Å². The fourth-order valence-corrected chi connectivity index (χ4v) is 13.3. The summed E-state index contributed by atoms with van der Waals surface area (Å²) in [6, 6.07) is 11.7. The Bertz CT molecular complexity index is 1870. The van der Waals surface area contributed by atoms with Gasteiger partial charge in [0.15, 0.2) is 11.5 Å². The normalized spacial score (nSPS) is 33.8. The molecule has 8 heteroatoms. The molecule has 56 heavy (non-hydrogen) atoms. The summed E-state index contributed by atoms with van der Waals surface area (Å²) in [5, 5.41) is 11.0. The predicted molar refractivity (Wildman–Crippen MR) is 215 cm³/mol. The fourth-order valence-electron chi connectivity index (χ4n) is 13.3. The van der Waals surface area contributed by atoms with Crippen molar-refractivity contribution in [1.29, 1.82) is 0 Å². The van der Waals surface area contributed by atoms with Gasteiger partial charge in [0.05, 0.1) is 0 Å². The van der Waals surface area contributed by atoms with Crippen molar-refractivity contribution >= 4 is 11.9 Å². The number of aliphatic hydroxyl groups is 1. The maximum atomic E-state index is 13.0. The van der Waals surface area contributed by atoms with E-state index in [9.17, 15) is 14.7 Å². The largest absolute Gasteiger partial charge is 0.482 e. The molecule has 2 aromatic carbocycles. The van der Waals surface area contributed by atoms with Crippen LogP contribution in [0.15, 0.2) is 42.5 Å². The number of unbranched alkanes of at least 4 members (excludes halogenated alkanes) is 5. The Morgan fingerprint density at radius 3 is 2.39 bits per heavy atom.